The molecule has 2 aromatic carbocycles. The van der Waals surface area contributed by atoms with E-state index in [4.69, 9.17) is 16.3 Å². The van der Waals surface area contributed by atoms with E-state index in [-0.39, 0.29) is 12.5 Å². The molecule has 3 rings (SSSR count). The Bertz CT molecular complexity index is 905. The maximum atomic E-state index is 12.0. The van der Waals surface area contributed by atoms with Gasteiger partial charge in [-0.25, -0.2) is 4.98 Å². The van der Waals surface area contributed by atoms with Gasteiger partial charge in [0.05, 0.1) is 11.9 Å². The molecule has 2 N–H and O–H groups in total. The molecule has 0 aliphatic rings. The van der Waals surface area contributed by atoms with Crippen molar-refractivity contribution in [3.63, 3.8) is 0 Å². The topological polar surface area (TPSA) is 63.2 Å². The highest BCUT2D eigenvalue weighted by atomic mass is 35.5. The van der Waals surface area contributed by atoms with Gasteiger partial charge in [0.1, 0.15) is 11.6 Å². The Morgan fingerprint density at radius 3 is 2.37 bits per heavy atom. The molecule has 5 nitrogen and oxygen atoms in total. The molecular weight excluding hydrogens is 362 g/mol. The molecule has 1 amide bonds. The van der Waals surface area contributed by atoms with Gasteiger partial charge in [0.2, 0.25) is 0 Å². The average molecular weight is 382 g/mol. The maximum absolute atomic E-state index is 12.0. The molecule has 3 aromatic rings. The van der Waals surface area contributed by atoms with Crippen LogP contribution in [0.3, 0.4) is 0 Å². The summed E-state index contributed by atoms with van der Waals surface area (Å²) in [5, 5.41) is 6.69. The largest absolute Gasteiger partial charge is 0.484 e. The highest BCUT2D eigenvalue weighted by molar-refractivity contribution is 6.30. The third kappa shape index (κ3) is 5.21. The first kappa shape index (κ1) is 18.7. The predicted octanol–water partition coefficient (Wildman–Crippen LogP) is 5.11. The van der Waals surface area contributed by atoms with E-state index < -0.39 is 0 Å². The number of aromatic nitrogens is 1. The van der Waals surface area contributed by atoms with E-state index in [0.717, 1.165) is 16.8 Å². The third-order valence-electron chi connectivity index (χ3n) is 3.97. The number of ether oxygens (including phenoxy) is 1. The second kappa shape index (κ2) is 8.56. The van der Waals surface area contributed by atoms with Crippen molar-refractivity contribution in [2.45, 2.75) is 13.8 Å². The molecule has 138 valence electrons. The smallest absolute Gasteiger partial charge is 0.262 e. The SMILES string of the molecule is Cc1cccc(C)c1Nc1ccc(NC(=O)COc2ccc(Cl)cc2)cn1. The van der Waals surface area contributed by atoms with Gasteiger partial charge >= 0.3 is 0 Å². The normalized spacial score (nSPS) is 10.3. The van der Waals surface area contributed by atoms with Crippen LogP contribution < -0.4 is 15.4 Å². The summed E-state index contributed by atoms with van der Waals surface area (Å²) >= 11 is 5.82. The first-order valence-corrected chi connectivity index (χ1v) is 8.86. The van der Waals surface area contributed by atoms with E-state index in [0.29, 0.717) is 22.3 Å². The fourth-order valence-electron chi connectivity index (χ4n) is 2.56. The number of hydrogen-bond donors (Lipinski definition) is 2. The van der Waals surface area contributed by atoms with Crippen LogP contribution >= 0.6 is 11.6 Å². The Balaban J connectivity index is 1.55. The number of rotatable bonds is 6. The number of para-hydroxylation sites is 1. The number of pyridine rings is 1. The quantitative estimate of drug-likeness (QED) is 0.622. The number of hydrogen-bond acceptors (Lipinski definition) is 4. The van der Waals surface area contributed by atoms with Crippen LogP contribution in [-0.2, 0) is 4.79 Å². The minimum atomic E-state index is -0.262. The fourth-order valence-corrected chi connectivity index (χ4v) is 2.68. The van der Waals surface area contributed by atoms with Crippen molar-refractivity contribution in [3.05, 3.63) is 76.9 Å². The van der Waals surface area contributed by atoms with Crippen LogP contribution in [0.5, 0.6) is 5.75 Å². The molecule has 0 fully saturated rings. The van der Waals surface area contributed by atoms with Gasteiger partial charge in [0.15, 0.2) is 6.61 Å². The van der Waals surface area contributed by atoms with Crippen molar-refractivity contribution in [2.75, 3.05) is 17.2 Å². The molecule has 0 bridgehead atoms. The Labute approximate surface area is 163 Å². The monoisotopic (exact) mass is 381 g/mol. The van der Waals surface area contributed by atoms with Crippen molar-refractivity contribution in [3.8, 4) is 5.75 Å². The molecule has 0 saturated carbocycles. The molecule has 27 heavy (non-hydrogen) atoms. The van der Waals surface area contributed by atoms with Crippen LogP contribution in [0.1, 0.15) is 11.1 Å². The third-order valence-corrected chi connectivity index (χ3v) is 4.22. The van der Waals surface area contributed by atoms with E-state index in [1.807, 2.05) is 38.1 Å². The number of halogens is 1. The minimum absolute atomic E-state index is 0.0932. The highest BCUT2D eigenvalue weighted by Gasteiger charge is 2.06. The number of aryl methyl sites for hydroxylation is 2. The second-order valence-corrected chi connectivity index (χ2v) is 6.55. The number of nitrogens with one attached hydrogen (secondary N) is 2. The van der Waals surface area contributed by atoms with Crippen molar-refractivity contribution in [1.82, 2.24) is 4.98 Å². The lowest BCUT2D eigenvalue weighted by Gasteiger charge is -2.12. The summed E-state index contributed by atoms with van der Waals surface area (Å²) in [6.45, 7) is 4.00. The molecule has 0 unspecified atom stereocenters. The van der Waals surface area contributed by atoms with Crippen molar-refractivity contribution < 1.29 is 9.53 Å². The second-order valence-electron chi connectivity index (χ2n) is 6.11. The molecule has 0 spiro atoms. The summed E-state index contributed by atoms with van der Waals surface area (Å²) in [7, 11) is 0. The van der Waals surface area contributed by atoms with E-state index in [1.54, 1.807) is 36.5 Å². The summed E-state index contributed by atoms with van der Waals surface area (Å²) in [6, 6.07) is 16.6. The summed E-state index contributed by atoms with van der Waals surface area (Å²) in [5.41, 5.74) is 3.94. The van der Waals surface area contributed by atoms with E-state index in [2.05, 4.69) is 15.6 Å². The zero-order valence-corrected chi connectivity index (χ0v) is 15.9. The van der Waals surface area contributed by atoms with E-state index in [9.17, 15) is 4.79 Å². The van der Waals surface area contributed by atoms with Crippen molar-refractivity contribution in [2.24, 2.45) is 0 Å². The molecule has 1 aromatic heterocycles. The number of carbonyl (C=O) groups excluding carboxylic acids is 1. The molecule has 6 heteroatoms. The number of anilines is 3. The minimum Gasteiger partial charge on any atom is -0.484 e. The predicted molar refractivity (Wildman–Crippen MR) is 109 cm³/mol. The first-order chi connectivity index (χ1) is 13.0. The molecule has 1 heterocycles. The zero-order chi connectivity index (χ0) is 19.2. The Hall–Kier alpha value is -3.05. The van der Waals surface area contributed by atoms with Gasteiger partial charge in [-0.3, -0.25) is 4.79 Å². The summed E-state index contributed by atoms with van der Waals surface area (Å²) < 4.78 is 5.42. The van der Waals surface area contributed by atoms with Gasteiger partial charge in [-0.1, -0.05) is 29.8 Å². The lowest BCUT2D eigenvalue weighted by atomic mass is 10.1. The van der Waals surface area contributed by atoms with Crippen LogP contribution in [0.4, 0.5) is 17.2 Å². The van der Waals surface area contributed by atoms with E-state index in [1.165, 1.54) is 0 Å². The molecular formula is C21H20ClN3O2. The first-order valence-electron chi connectivity index (χ1n) is 8.49. The summed E-state index contributed by atoms with van der Waals surface area (Å²) in [5.74, 6) is 1.03. The molecule has 0 atom stereocenters. The molecule has 0 aliphatic carbocycles. The van der Waals surface area contributed by atoms with Crippen molar-refractivity contribution >= 4 is 34.7 Å². The Morgan fingerprint density at radius 1 is 1.04 bits per heavy atom. The number of amides is 1. The summed E-state index contributed by atoms with van der Waals surface area (Å²) in [4.78, 5) is 16.4. The van der Waals surface area contributed by atoms with Crippen LogP contribution in [0.25, 0.3) is 0 Å². The van der Waals surface area contributed by atoms with Crippen LogP contribution in [-0.4, -0.2) is 17.5 Å². The van der Waals surface area contributed by atoms with Gasteiger partial charge in [0.25, 0.3) is 5.91 Å². The average Bonchev–Trinajstić information content (AvgIpc) is 2.66. The van der Waals surface area contributed by atoms with Gasteiger partial charge in [0, 0.05) is 10.7 Å². The number of nitrogens with zero attached hydrogens (tertiary/aromatic N) is 1. The molecule has 0 saturated heterocycles. The standard InChI is InChI=1S/C21H20ClN3O2/c1-14-4-3-5-15(2)21(14)25-19-11-8-17(12-23-19)24-20(26)13-27-18-9-6-16(22)7-10-18/h3-12H,13H2,1-2H3,(H,23,25)(H,24,26). The van der Waals surface area contributed by atoms with Gasteiger partial charge in [-0.05, 0) is 61.4 Å². The summed E-state index contributed by atoms with van der Waals surface area (Å²) in [6.07, 6.45) is 1.61. The fraction of sp³-hybridized carbons (Fsp3) is 0.143. The maximum Gasteiger partial charge on any atom is 0.262 e. The van der Waals surface area contributed by atoms with Crippen molar-refractivity contribution in [1.29, 1.82) is 0 Å². The molecule has 0 aliphatic heterocycles. The molecule has 0 radical (unpaired) electrons. The van der Waals surface area contributed by atoms with Gasteiger partial charge < -0.3 is 15.4 Å². The Morgan fingerprint density at radius 2 is 1.74 bits per heavy atom. The van der Waals surface area contributed by atoms with Crippen LogP contribution in [0.2, 0.25) is 5.02 Å². The highest BCUT2D eigenvalue weighted by Crippen LogP contribution is 2.23. The van der Waals surface area contributed by atoms with Gasteiger partial charge in [-0.2, -0.15) is 0 Å². The Kier molecular flexibility index (Phi) is 5.94. The van der Waals surface area contributed by atoms with Crippen LogP contribution in [0.15, 0.2) is 60.8 Å². The lowest BCUT2D eigenvalue weighted by molar-refractivity contribution is -0.118. The van der Waals surface area contributed by atoms with E-state index >= 15 is 0 Å². The number of carbonyl (C=O) groups is 1. The lowest BCUT2D eigenvalue weighted by Crippen LogP contribution is -2.20. The number of benzene rings is 2. The zero-order valence-electron chi connectivity index (χ0n) is 15.1. The van der Waals surface area contributed by atoms with Crippen LogP contribution in [0, 0.1) is 13.8 Å². The van der Waals surface area contributed by atoms with Gasteiger partial charge in [-0.15, -0.1) is 0 Å².